The van der Waals surface area contributed by atoms with E-state index in [-0.39, 0.29) is 6.92 Å². The fraction of sp³-hybridized carbons (Fsp3) is 0.273. The molecule has 106 valence electrons. The van der Waals surface area contributed by atoms with Crippen LogP contribution in [0.5, 0.6) is 0 Å². The van der Waals surface area contributed by atoms with Gasteiger partial charge in [0.2, 0.25) is 5.83 Å². The highest BCUT2D eigenvalue weighted by Crippen LogP contribution is 2.42. The summed E-state index contributed by atoms with van der Waals surface area (Å²) in [5.41, 5.74) is -3.70. The van der Waals surface area contributed by atoms with E-state index >= 15 is 0 Å². The molecule has 0 saturated carbocycles. The summed E-state index contributed by atoms with van der Waals surface area (Å²) in [5.74, 6) is -19.2. The number of allylic oxidation sites excluding steroid dienone is 2. The van der Waals surface area contributed by atoms with Gasteiger partial charge < -0.3 is 0 Å². The largest absolute Gasteiger partial charge is 0.332 e. The molecule has 8 heteroatoms. The molecule has 1 aromatic carbocycles. The summed E-state index contributed by atoms with van der Waals surface area (Å²) in [6.45, 7) is 0.866. The van der Waals surface area contributed by atoms with Crippen LogP contribution in [0.4, 0.5) is 35.1 Å². The van der Waals surface area contributed by atoms with Crippen molar-refractivity contribution in [3.8, 4) is 0 Å². The van der Waals surface area contributed by atoms with Crippen LogP contribution in [0.2, 0.25) is 0 Å². The van der Waals surface area contributed by atoms with E-state index < -0.39 is 52.0 Å². The third-order valence-corrected chi connectivity index (χ3v) is 2.37. The van der Waals surface area contributed by atoms with Gasteiger partial charge in [-0.05, 0) is 13.8 Å². The van der Waals surface area contributed by atoms with Crippen molar-refractivity contribution in [2.24, 2.45) is 0 Å². The van der Waals surface area contributed by atoms with Crippen LogP contribution in [0.1, 0.15) is 18.1 Å². The highest BCUT2D eigenvalue weighted by Gasteiger charge is 2.46. The number of hydrogen-bond donors (Lipinski definition) is 0. The SMILES string of the molecule is C/C(F)=C(\F)C(F)(F)c1c(F)c(F)c(C)c(F)c1F. The average Bonchev–Trinajstić information content (AvgIpc) is 2.32. The van der Waals surface area contributed by atoms with E-state index in [0.29, 0.717) is 6.92 Å². The van der Waals surface area contributed by atoms with Crippen molar-refractivity contribution in [2.45, 2.75) is 19.8 Å². The highest BCUT2D eigenvalue weighted by molar-refractivity contribution is 5.36. The molecule has 0 saturated heterocycles. The number of halogens is 8. The fourth-order valence-corrected chi connectivity index (χ4v) is 1.34. The lowest BCUT2D eigenvalue weighted by Crippen LogP contribution is -2.22. The molecule has 1 aromatic rings. The number of rotatable bonds is 2. The molecule has 0 heterocycles. The first kappa shape index (κ1) is 15.5. The highest BCUT2D eigenvalue weighted by atomic mass is 19.3. The minimum atomic E-state index is -5.16. The normalized spacial score (nSPS) is 13.6. The lowest BCUT2D eigenvalue weighted by atomic mass is 10.0. The molecular formula is C11H6F8. The van der Waals surface area contributed by atoms with Gasteiger partial charge in [-0.3, -0.25) is 0 Å². The van der Waals surface area contributed by atoms with Crippen molar-refractivity contribution in [1.29, 1.82) is 0 Å². The lowest BCUT2D eigenvalue weighted by Gasteiger charge is -2.18. The Balaban J connectivity index is 3.75. The fourth-order valence-electron chi connectivity index (χ4n) is 1.34. The van der Waals surface area contributed by atoms with Gasteiger partial charge in [-0.15, -0.1) is 0 Å². The summed E-state index contributed by atoms with van der Waals surface area (Å²) in [6.07, 6.45) is 0. The van der Waals surface area contributed by atoms with E-state index in [0.717, 1.165) is 0 Å². The molecule has 0 aliphatic rings. The summed E-state index contributed by atoms with van der Waals surface area (Å²) in [7, 11) is 0. The van der Waals surface area contributed by atoms with E-state index in [1.807, 2.05) is 0 Å². The lowest BCUT2D eigenvalue weighted by molar-refractivity contribution is 0.00133. The summed E-state index contributed by atoms with van der Waals surface area (Å²) in [4.78, 5) is 0. The van der Waals surface area contributed by atoms with Crippen LogP contribution in [-0.4, -0.2) is 0 Å². The number of benzene rings is 1. The van der Waals surface area contributed by atoms with Crippen LogP contribution in [0.15, 0.2) is 11.7 Å². The molecule has 0 unspecified atom stereocenters. The first-order valence-corrected chi connectivity index (χ1v) is 4.76. The second-order valence-corrected chi connectivity index (χ2v) is 3.68. The van der Waals surface area contributed by atoms with Crippen molar-refractivity contribution >= 4 is 0 Å². The van der Waals surface area contributed by atoms with Crippen LogP contribution in [-0.2, 0) is 5.92 Å². The second-order valence-electron chi connectivity index (χ2n) is 3.68. The third-order valence-electron chi connectivity index (χ3n) is 2.37. The Labute approximate surface area is 102 Å². The van der Waals surface area contributed by atoms with Crippen molar-refractivity contribution in [3.05, 3.63) is 46.0 Å². The van der Waals surface area contributed by atoms with Crippen molar-refractivity contribution in [3.63, 3.8) is 0 Å². The van der Waals surface area contributed by atoms with Gasteiger partial charge in [0.25, 0.3) is 0 Å². The Bertz CT molecular complexity index is 525. The first-order valence-electron chi connectivity index (χ1n) is 4.76. The Hall–Kier alpha value is -1.60. The molecule has 0 nitrogen and oxygen atoms in total. The maximum absolute atomic E-state index is 13.3. The Kier molecular flexibility index (Phi) is 3.92. The predicted molar refractivity (Wildman–Crippen MR) is 49.8 cm³/mol. The van der Waals surface area contributed by atoms with E-state index in [9.17, 15) is 35.1 Å². The molecule has 0 radical (unpaired) electrons. The molecule has 0 spiro atoms. The zero-order chi connectivity index (χ0) is 15.1. The van der Waals surface area contributed by atoms with Crippen LogP contribution in [0, 0.1) is 30.2 Å². The maximum Gasteiger partial charge on any atom is 0.332 e. The molecule has 0 aromatic heterocycles. The summed E-state index contributed by atoms with van der Waals surface area (Å²) >= 11 is 0. The molecule has 1 rings (SSSR count). The minimum absolute atomic E-state index is 0.264. The zero-order valence-corrected chi connectivity index (χ0v) is 9.52. The van der Waals surface area contributed by atoms with Crippen molar-refractivity contribution < 1.29 is 35.1 Å². The number of hydrogen-bond acceptors (Lipinski definition) is 0. The topological polar surface area (TPSA) is 0 Å². The van der Waals surface area contributed by atoms with Crippen LogP contribution in [0.25, 0.3) is 0 Å². The van der Waals surface area contributed by atoms with E-state index in [1.165, 1.54) is 0 Å². The monoisotopic (exact) mass is 290 g/mol. The summed E-state index contributed by atoms with van der Waals surface area (Å²) in [6, 6.07) is 0. The molecule has 0 atom stereocenters. The minimum Gasteiger partial charge on any atom is -0.209 e. The Morgan fingerprint density at radius 1 is 0.842 bits per heavy atom. The van der Waals surface area contributed by atoms with Crippen LogP contribution < -0.4 is 0 Å². The molecule has 0 N–H and O–H groups in total. The maximum atomic E-state index is 13.3. The molecule has 19 heavy (non-hydrogen) atoms. The van der Waals surface area contributed by atoms with E-state index in [2.05, 4.69) is 0 Å². The molecule has 0 amide bonds. The van der Waals surface area contributed by atoms with Gasteiger partial charge in [-0.2, -0.15) is 8.78 Å². The molecule has 0 fully saturated rings. The van der Waals surface area contributed by atoms with Crippen LogP contribution in [0.3, 0.4) is 0 Å². The van der Waals surface area contributed by atoms with Gasteiger partial charge >= 0.3 is 5.92 Å². The average molecular weight is 290 g/mol. The molecular weight excluding hydrogens is 284 g/mol. The number of alkyl halides is 2. The second kappa shape index (κ2) is 4.82. The van der Waals surface area contributed by atoms with Gasteiger partial charge in [0.05, 0.1) is 0 Å². The quantitative estimate of drug-likeness (QED) is 0.541. The van der Waals surface area contributed by atoms with Gasteiger partial charge in [0.15, 0.2) is 23.3 Å². The third kappa shape index (κ3) is 2.31. The smallest absolute Gasteiger partial charge is 0.209 e. The Morgan fingerprint density at radius 3 is 1.53 bits per heavy atom. The van der Waals surface area contributed by atoms with Crippen molar-refractivity contribution in [1.82, 2.24) is 0 Å². The van der Waals surface area contributed by atoms with Crippen molar-refractivity contribution in [2.75, 3.05) is 0 Å². The summed E-state index contributed by atoms with van der Waals surface area (Å²) < 4.78 is 105. The zero-order valence-electron chi connectivity index (χ0n) is 9.52. The first-order chi connectivity index (χ1) is 8.53. The van der Waals surface area contributed by atoms with Gasteiger partial charge in [0, 0.05) is 5.56 Å². The Morgan fingerprint density at radius 2 is 1.21 bits per heavy atom. The van der Waals surface area contributed by atoms with Gasteiger partial charge in [0.1, 0.15) is 11.4 Å². The van der Waals surface area contributed by atoms with E-state index in [4.69, 9.17) is 0 Å². The molecule has 0 bridgehead atoms. The van der Waals surface area contributed by atoms with Gasteiger partial charge in [-0.1, -0.05) is 0 Å². The standard InChI is InChI=1S/C11H6F8/c1-3-6(13)8(15)5(9(16)7(3)14)11(18,19)10(17)4(2)12/h1-2H3/b10-4+. The predicted octanol–water partition coefficient (Wildman–Crippen LogP) is 4.81. The van der Waals surface area contributed by atoms with Crippen LogP contribution >= 0.6 is 0 Å². The van der Waals surface area contributed by atoms with Gasteiger partial charge in [-0.25, -0.2) is 26.3 Å². The molecule has 0 aliphatic heterocycles. The van der Waals surface area contributed by atoms with E-state index in [1.54, 1.807) is 0 Å². The molecule has 0 aliphatic carbocycles. The summed E-state index contributed by atoms with van der Waals surface area (Å²) in [5, 5.41) is 0.